The molecule has 2 N–H and O–H groups in total. The summed E-state index contributed by atoms with van der Waals surface area (Å²) >= 11 is 3.43. The van der Waals surface area contributed by atoms with Gasteiger partial charge in [0.2, 0.25) is 5.91 Å². The number of halogens is 1. The molecular weight excluding hydrogens is 322 g/mol. The maximum absolute atomic E-state index is 12.6. The summed E-state index contributed by atoms with van der Waals surface area (Å²) in [7, 11) is 0. The smallest absolute Gasteiger partial charge is 0.325 e. The molecule has 20 heavy (non-hydrogen) atoms. The molecule has 1 amide bonds. The number of carboxylic acid groups (broad SMARTS) is 1. The van der Waals surface area contributed by atoms with Gasteiger partial charge in [0, 0.05) is 4.47 Å². The van der Waals surface area contributed by atoms with Gasteiger partial charge in [-0.2, -0.15) is 0 Å². The summed E-state index contributed by atoms with van der Waals surface area (Å²) in [5.41, 5.74) is 0.368. The summed E-state index contributed by atoms with van der Waals surface area (Å²) in [5.74, 6) is -1.19. The van der Waals surface area contributed by atoms with Crippen LogP contribution in [0.2, 0.25) is 0 Å². The zero-order valence-electron chi connectivity index (χ0n) is 11.4. The number of carboxylic acids is 1. The first-order chi connectivity index (χ1) is 9.45. The van der Waals surface area contributed by atoms with Gasteiger partial charge >= 0.3 is 5.97 Å². The maximum atomic E-state index is 12.6. The minimum absolute atomic E-state index is 0.178. The van der Waals surface area contributed by atoms with E-state index in [4.69, 9.17) is 5.11 Å². The zero-order chi connectivity index (χ0) is 14.8. The highest BCUT2D eigenvalue weighted by Gasteiger charge is 2.43. The van der Waals surface area contributed by atoms with Crippen LogP contribution >= 0.6 is 15.9 Å². The maximum Gasteiger partial charge on any atom is 0.325 e. The zero-order valence-corrected chi connectivity index (χ0v) is 12.9. The van der Waals surface area contributed by atoms with E-state index >= 15 is 0 Å². The van der Waals surface area contributed by atoms with Crippen LogP contribution in [0, 0.1) is 0 Å². The standard InChI is InChI=1S/C15H18BrNO3/c1-10(13(18)19)17-14(20)15(7-2-3-8-15)11-5-4-6-12(16)9-11/h4-6,9-10H,2-3,7-8H2,1H3,(H,17,20)(H,18,19)/t10-/m1/s1. The van der Waals surface area contributed by atoms with Crippen molar-refractivity contribution in [3.05, 3.63) is 34.3 Å². The van der Waals surface area contributed by atoms with Crippen LogP contribution in [-0.4, -0.2) is 23.0 Å². The van der Waals surface area contributed by atoms with Gasteiger partial charge in [0.25, 0.3) is 0 Å². The molecule has 0 heterocycles. The van der Waals surface area contributed by atoms with Crippen LogP contribution in [0.15, 0.2) is 28.7 Å². The Hall–Kier alpha value is -1.36. The average Bonchev–Trinajstić information content (AvgIpc) is 2.89. The van der Waals surface area contributed by atoms with Crippen molar-refractivity contribution in [3.8, 4) is 0 Å². The van der Waals surface area contributed by atoms with Crippen LogP contribution < -0.4 is 5.32 Å². The molecule has 1 fully saturated rings. The molecule has 0 radical (unpaired) electrons. The van der Waals surface area contributed by atoms with Crippen LogP contribution in [0.4, 0.5) is 0 Å². The number of hydrogen-bond donors (Lipinski definition) is 2. The van der Waals surface area contributed by atoms with E-state index in [0.717, 1.165) is 35.7 Å². The van der Waals surface area contributed by atoms with Crippen molar-refractivity contribution in [1.82, 2.24) is 5.32 Å². The van der Waals surface area contributed by atoms with Crippen molar-refractivity contribution in [2.24, 2.45) is 0 Å². The van der Waals surface area contributed by atoms with Crippen molar-refractivity contribution >= 4 is 27.8 Å². The molecule has 1 aromatic carbocycles. The van der Waals surface area contributed by atoms with Gasteiger partial charge in [0.15, 0.2) is 0 Å². The molecule has 0 bridgehead atoms. The molecule has 4 nitrogen and oxygen atoms in total. The van der Waals surface area contributed by atoms with Crippen molar-refractivity contribution in [2.75, 3.05) is 0 Å². The highest BCUT2D eigenvalue weighted by atomic mass is 79.9. The fourth-order valence-electron chi connectivity index (χ4n) is 2.81. The van der Waals surface area contributed by atoms with Crippen molar-refractivity contribution < 1.29 is 14.7 Å². The summed E-state index contributed by atoms with van der Waals surface area (Å²) < 4.78 is 0.931. The van der Waals surface area contributed by atoms with E-state index in [1.54, 1.807) is 0 Å². The molecule has 108 valence electrons. The first kappa shape index (κ1) is 15.0. The molecule has 2 rings (SSSR count). The quantitative estimate of drug-likeness (QED) is 0.886. The Kier molecular flexibility index (Phi) is 4.48. The van der Waals surface area contributed by atoms with E-state index in [-0.39, 0.29) is 5.91 Å². The number of amides is 1. The van der Waals surface area contributed by atoms with Crippen LogP contribution in [0.1, 0.15) is 38.2 Å². The summed E-state index contributed by atoms with van der Waals surface area (Å²) in [6.07, 6.45) is 3.51. The van der Waals surface area contributed by atoms with Gasteiger partial charge in [0.05, 0.1) is 5.41 Å². The number of carbonyl (C=O) groups is 2. The summed E-state index contributed by atoms with van der Waals surface area (Å²) in [6.45, 7) is 1.49. The number of nitrogens with one attached hydrogen (secondary N) is 1. The number of benzene rings is 1. The van der Waals surface area contributed by atoms with Crippen LogP contribution in [0.25, 0.3) is 0 Å². The SMILES string of the molecule is C[C@@H](NC(=O)C1(c2cccc(Br)c2)CCCC1)C(=O)O. The normalized spacial score (nSPS) is 18.5. The van der Waals surface area contributed by atoms with Crippen molar-refractivity contribution in [3.63, 3.8) is 0 Å². The van der Waals surface area contributed by atoms with Crippen LogP contribution in [-0.2, 0) is 15.0 Å². The Balaban J connectivity index is 2.30. The Morgan fingerprint density at radius 1 is 1.35 bits per heavy atom. The van der Waals surface area contributed by atoms with Gasteiger partial charge in [-0.1, -0.05) is 40.9 Å². The summed E-state index contributed by atoms with van der Waals surface area (Å²) in [4.78, 5) is 23.5. The fraction of sp³-hybridized carbons (Fsp3) is 0.467. The lowest BCUT2D eigenvalue weighted by Crippen LogP contribution is -2.48. The third-order valence-electron chi connectivity index (χ3n) is 3.99. The Morgan fingerprint density at radius 2 is 2.00 bits per heavy atom. The van der Waals surface area contributed by atoms with E-state index in [1.165, 1.54) is 6.92 Å². The molecule has 0 unspecified atom stereocenters. The van der Waals surface area contributed by atoms with Gasteiger partial charge in [-0.05, 0) is 37.5 Å². The second kappa shape index (κ2) is 5.95. The Morgan fingerprint density at radius 3 is 2.55 bits per heavy atom. The predicted octanol–water partition coefficient (Wildman–Crippen LogP) is 2.85. The van der Waals surface area contributed by atoms with Gasteiger partial charge < -0.3 is 10.4 Å². The van der Waals surface area contributed by atoms with Crippen molar-refractivity contribution in [2.45, 2.75) is 44.1 Å². The van der Waals surface area contributed by atoms with E-state index in [9.17, 15) is 9.59 Å². The molecule has 5 heteroatoms. The van der Waals surface area contributed by atoms with Gasteiger partial charge in [-0.25, -0.2) is 0 Å². The number of rotatable bonds is 4. The second-order valence-electron chi connectivity index (χ2n) is 5.33. The largest absolute Gasteiger partial charge is 0.480 e. The molecule has 0 aliphatic heterocycles. The highest BCUT2D eigenvalue weighted by Crippen LogP contribution is 2.42. The molecule has 1 saturated carbocycles. The molecular formula is C15H18BrNO3. The Labute approximate surface area is 126 Å². The molecule has 1 atom stereocenters. The third kappa shape index (κ3) is 2.87. The van der Waals surface area contributed by atoms with Gasteiger partial charge in [-0.15, -0.1) is 0 Å². The van der Waals surface area contributed by atoms with E-state index in [0.29, 0.717) is 0 Å². The molecule has 0 aromatic heterocycles. The average molecular weight is 340 g/mol. The van der Waals surface area contributed by atoms with Crippen LogP contribution in [0.3, 0.4) is 0 Å². The predicted molar refractivity (Wildman–Crippen MR) is 79.5 cm³/mol. The van der Waals surface area contributed by atoms with Gasteiger partial charge in [0.1, 0.15) is 6.04 Å². The topological polar surface area (TPSA) is 66.4 Å². The lowest BCUT2D eigenvalue weighted by molar-refractivity contribution is -0.142. The molecule has 1 aliphatic rings. The lowest BCUT2D eigenvalue weighted by Gasteiger charge is -2.29. The van der Waals surface area contributed by atoms with E-state index in [1.807, 2.05) is 24.3 Å². The minimum Gasteiger partial charge on any atom is -0.480 e. The summed E-state index contributed by atoms with van der Waals surface area (Å²) in [5, 5.41) is 11.6. The first-order valence-corrected chi connectivity index (χ1v) is 7.55. The second-order valence-corrected chi connectivity index (χ2v) is 6.25. The Bertz CT molecular complexity index is 524. The number of aliphatic carboxylic acids is 1. The monoisotopic (exact) mass is 339 g/mol. The molecule has 0 spiro atoms. The van der Waals surface area contributed by atoms with Gasteiger partial charge in [-0.3, -0.25) is 9.59 Å². The highest BCUT2D eigenvalue weighted by molar-refractivity contribution is 9.10. The fourth-order valence-corrected chi connectivity index (χ4v) is 3.21. The first-order valence-electron chi connectivity index (χ1n) is 6.75. The van der Waals surface area contributed by atoms with E-state index in [2.05, 4.69) is 21.2 Å². The third-order valence-corrected chi connectivity index (χ3v) is 4.48. The molecule has 1 aromatic rings. The van der Waals surface area contributed by atoms with Crippen LogP contribution in [0.5, 0.6) is 0 Å². The van der Waals surface area contributed by atoms with Crippen molar-refractivity contribution in [1.29, 1.82) is 0 Å². The number of carbonyl (C=O) groups excluding carboxylic acids is 1. The molecule has 0 saturated heterocycles. The number of hydrogen-bond acceptors (Lipinski definition) is 2. The molecule has 1 aliphatic carbocycles. The minimum atomic E-state index is -1.01. The van der Waals surface area contributed by atoms with E-state index < -0.39 is 17.4 Å². The summed E-state index contributed by atoms with van der Waals surface area (Å²) in [6, 6.07) is 6.86. The lowest BCUT2D eigenvalue weighted by atomic mass is 9.78.